The fourth-order valence-electron chi connectivity index (χ4n) is 3.43. The van der Waals surface area contributed by atoms with Crippen molar-refractivity contribution in [2.45, 2.75) is 26.3 Å². The smallest absolute Gasteiger partial charge is 0.332 e. The molecule has 3 aromatic rings. The highest BCUT2D eigenvalue weighted by atomic mass is 16.2. The van der Waals surface area contributed by atoms with Crippen LogP contribution < -0.4 is 16.1 Å². The van der Waals surface area contributed by atoms with Gasteiger partial charge < -0.3 is 9.13 Å². The van der Waals surface area contributed by atoms with Gasteiger partial charge in [0, 0.05) is 41.3 Å². The number of nitrogens with zero attached hydrogens (tertiary/aromatic N) is 8. The first kappa shape index (κ1) is 22.0. The standard InChI is InChI=1S/C19H26N8O4/c1-13-15(20-10-22(13)2)24(4)18(30)26(12-28)8-6-7-9-27-17(29)14-16(21-11-23(14)3)25(5)19(27)31/h10-12H,6-9H2,1-5H3. The van der Waals surface area contributed by atoms with Crippen molar-refractivity contribution in [3.05, 3.63) is 39.2 Å². The number of imidazole rings is 2. The summed E-state index contributed by atoms with van der Waals surface area (Å²) in [5, 5.41) is 0. The lowest BCUT2D eigenvalue weighted by Crippen LogP contribution is -2.42. The fourth-order valence-corrected chi connectivity index (χ4v) is 3.43. The molecule has 3 aromatic heterocycles. The minimum absolute atomic E-state index is 0.154. The van der Waals surface area contributed by atoms with Gasteiger partial charge in [0.15, 0.2) is 17.0 Å². The van der Waals surface area contributed by atoms with Crippen LogP contribution in [0.25, 0.3) is 11.2 Å². The molecule has 12 heteroatoms. The average Bonchev–Trinajstić information content (AvgIpc) is 3.30. The summed E-state index contributed by atoms with van der Waals surface area (Å²) in [5.41, 5.74) is 0.609. The maximum Gasteiger partial charge on any atom is 0.332 e. The number of rotatable bonds is 7. The van der Waals surface area contributed by atoms with Gasteiger partial charge in [0.05, 0.1) is 18.3 Å². The minimum Gasteiger partial charge on any atom is -0.336 e. The molecule has 31 heavy (non-hydrogen) atoms. The van der Waals surface area contributed by atoms with Crippen LogP contribution >= 0.6 is 0 Å². The summed E-state index contributed by atoms with van der Waals surface area (Å²) in [6.45, 7) is 2.15. The summed E-state index contributed by atoms with van der Waals surface area (Å²) in [6.07, 6.45) is 4.42. The quantitative estimate of drug-likeness (QED) is 0.383. The number of unbranched alkanes of at least 4 members (excludes halogenated alkanes) is 1. The van der Waals surface area contributed by atoms with Crippen LogP contribution in [-0.2, 0) is 32.5 Å². The van der Waals surface area contributed by atoms with E-state index in [2.05, 4.69) is 9.97 Å². The van der Waals surface area contributed by atoms with Crippen LogP contribution in [-0.4, -0.2) is 59.2 Å². The molecule has 0 aliphatic heterocycles. The number of urea groups is 1. The molecule has 166 valence electrons. The van der Waals surface area contributed by atoms with Crippen molar-refractivity contribution in [3.8, 4) is 0 Å². The second-order valence-electron chi connectivity index (χ2n) is 7.44. The zero-order valence-corrected chi connectivity index (χ0v) is 18.3. The van der Waals surface area contributed by atoms with Crippen molar-refractivity contribution in [2.24, 2.45) is 21.1 Å². The third kappa shape index (κ3) is 3.88. The largest absolute Gasteiger partial charge is 0.336 e. The first-order chi connectivity index (χ1) is 14.7. The molecule has 3 amide bonds. The number of hydrogen-bond acceptors (Lipinski definition) is 6. The van der Waals surface area contributed by atoms with Gasteiger partial charge in [0.25, 0.3) is 5.56 Å². The second-order valence-corrected chi connectivity index (χ2v) is 7.44. The van der Waals surface area contributed by atoms with Gasteiger partial charge >= 0.3 is 11.7 Å². The van der Waals surface area contributed by atoms with Crippen molar-refractivity contribution in [2.75, 3.05) is 18.5 Å². The minimum atomic E-state index is -0.499. The van der Waals surface area contributed by atoms with Crippen molar-refractivity contribution >= 4 is 29.4 Å². The first-order valence-corrected chi connectivity index (χ1v) is 9.77. The molecule has 0 unspecified atom stereocenters. The molecular formula is C19H26N8O4. The third-order valence-corrected chi connectivity index (χ3v) is 5.42. The first-order valence-electron chi connectivity index (χ1n) is 9.77. The van der Waals surface area contributed by atoms with Crippen molar-refractivity contribution in [3.63, 3.8) is 0 Å². The Morgan fingerprint density at radius 1 is 1.10 bits per heavy atom. The Morgan fingerprint density at radius 3 is 2.39 bits per heavy atom. The van der Waals surface area contributed by atoms with Crippen LogP contribution in [0, 0.1) is 6.92 Å². The number of hydrogen-bond donors (Lipinski definition) is 0. The normalized spacial score (nSPS) is 11.1. The molecule has 12 nitrogen and oxygen atoms in total. The van der Waals surface area contributed by atoms with Crippen LogP contribution in [0.5, 0.6) is 0 Å². The highest BCUT2D eigenvalue weighted by molar-refractivity contribution is 5.96. The van der Waals surface area contributed by atoms with Crippen LogP contribution in [0.3, 0.4) is 0 Å². The van der Waals surface area contributed by atoms with Crippen LogP contribution in [0.1, 0.15) is 18.5 Å². The number of amides is 3. The van der Waals surface area contributed by atoms with Gasteiger partial charge in [-0.05, 0) is 19.8 Å². The van der Waals surface area contributed by atoms with E-state index in [1.54, 1.807) is 36.6 Å². The number of carbonyl (C=O) groups is 2. The predicted molar refractivity (Wildman–Crippen MR) is 114 cm³/mol. The molecule has 0 N–H and O–H groups in total. The molecule has 0 atom stereocenters. The average molecular weight is 430 g/mol. The van der Waals surface area contributed by atoms with Crippen molar-refractivity contribution in [1.29, 1.82) is 0 Å². The molecule has 0 spiro atoms. The Morgan fingerprint density at radius 2 is 1.77 bits per heavy atom. The van der Waals surface area contributed by atoms with E-state index in [4.69, 9.17) is 0 Å². The molecular weight excluding hydrogens is 404 g/mol. The highest BCUT2D eigenvalue weighted by Crippen LogP contribution is 2.16. The summed E-state index contributed by atoms with van der Waals surface area (Å²) in [6, 6.07) is -0.499. The van der Waals surface area contributed by atoms with Gasteiger partial charge in [0.2, 0.25) is 6.41 Å². The van der Waals surface area contributed by atoms with E-state index in [-0.39, 0.29) is 13.1 Å². The molecule has 0 saturated carbocycles. The van der Waals surface area contributed by atoms with Gasteiger partial charge in [-0.25, -0.2) is 19.6 Å². The molecule has 0 radical (unpaired) electrons. The Balaban J connectivity index is 1.67. The molecule has 3 rings (SSSR count). The number of fused-ring (bicyclic) bond motifs is 1. The molecule has 0 aliphatic rings. The summed E-state index contributed by atoms with van der Waals surface area (Å²) < 4.78 is 5.85. The van der Waals surface area contributed by atoms with E-state index in [1.807, 2.05) is 14.0 Å². The summed E-state index contributed by atoms with van der Waals surface area (Å²) in [7, 11) is 6.63. The third-order valence-electron chi connectivity index (χ3n) is 5.42. The van der Waals surface area contributed by atoms with E-state index < -0.39 is 17.3 Å². The number of imide groups is 1. The highest BCUT2D eigenvalue weighted by Gasteiger charge is 2.22. The zero-order valence-electron chi connectivity index (χ0n) is 18.3. The lowest BCUT2D eigenvalue weighted by molar-refractivity contribution is -0.115. The van der Waals surface area contributed by atoms with Crippen LogP contribution in [0.4, 0.5) is 10.6 Å². The monoisotopic (exact) mass is 430 g/mol. The van der Waals surface area contributed by atoms with Gasteiger partial charge in [-0.15, -0.1) is 0 Å². The molecule has 0 bridgehead atoms. The van der Waals surface area contributed by atoms with E-state index >= 15 is 0 Å². The number of aromatic nitrogens is 6. The van der Waals surface area contributed by atoms with Gasteiger partial charge in [-0.1, -0.05) is 0 Å². The Hall–Kier alpha value is -3.70. The van der Waals surface area contributed by atoms with Crippen molar-refractivity contribution < 1.29 is 9.59 Å². The summed E-state index contributed by atoms with van der Waals surface area (Å²) in [5.74, 6) is 0.471. The predicted octanol–water partition coefficient (Wildman–Crippen LogP) is -0.0294. The number of aryl methyl sites for hydroxylation is 3. The number of anilines is 1. The zero-order chi connectivity index (χ0) is 22.9. The Labute approximate surface area is 177 Å². The van der Waals surface area contributed by atoms with Crippen LogP contribution in [0.2, 0.25) is 0 Å². The van der Waals surface area contributed by atoms with E-state index in [9.17, 15) is 19.2 Å². The molecule has 0 aliphatic carbocycles. The van der Waals surface area contributed by atoms with Crippen LogP contribution in [0.15, 0.2) is 22.2 Å². The molecule has 3 heterocycles. The van der Waals surface area contributed by atoms with E-state index in [0.29, 0.717) is 36.2 Å². The SMILES string of the molecule is Cc1c(N(C)C(=O)N(C=O)CCCCn2c(=O)c3c(ncn3C)n(C)c2=O)ncn1C. The number of carbonyl (C=O) groups excluding carboxylic acids is 2. The van der Waals surface area contributed by atoms with Gasteiger partial charge in [-0.3, -0.25) is 28.5 Å². The topological polar surface area (TPSA) is 120 Å². The lowest BCUT2D eigenvalue weighted by Gasteiger charge is -2.22. The van der Waals surface area contributed by atoms with Crippen molar-refractivity contribution in [1.82, 2.24) is 33.1 Å². The van der Waals surface area contributed by atoms with Gasteiger partial charge in [0.1, 0.15) is 0 Å². The Bertz CT molecular complexity index is 1250. The van der Waals surface area contributed by atoms with E-state index in [1.165, 1.54) is 15.8 Å². The molecule has 0 saturated heterocycles. The molecule has 0 fully saturated rings. The lowest BCUT2D eigenvalue weighted by atomic mass is 10.3. The maximum atomic E-state index is 12.7. The van der Waals surface area contributed by atoms with E-state index in [0.717, 1.165) is 15.2 Å². The molecule has 0 aromatic carbocycles. The maximum absolute atomic E-state index is 12.7. The Kier molecular flexibility index (Phi) is 6.09. The fraction of sp³-hybridized carbons (Fsp3) is 0.474. The van der Waals surface area contributed by atoms with Gasteiger partial charge in [-0.2, -0.15) is 0 Å². The summed E-state index contributed by atoms with van der Waals surface area (Å²) in [4.78, 5) is 60.0. The second kappa shape index (κ2) is 8.58. The summed E-state index contributed by atoms with van der Waals surface area (Å²) >= 11 is 0.